The van der Waals surface area contributed by atoms with Gasteiger partial charge in [0, 0.05) is 31.7 Å². The molecule has 1 aromatic rings. The molecular formula is C18H24ClN3O2. The average molecular weight is 350 g/mol. The lowest BCUT2D eigenvalue weighted by Gasteiger charge is -2.34. The Labute approximate surface area is 147 Å². The van der Waals surface area contributed by atoms with Crippen molar-refractivity contribution in [1.29, 1.82) is 0 Å². The molecule has 130 valence electrons. The summed E-state index contributed by atoms with van der Waals surface area (Å²) in [6, 6.07) is 5.43. The van der Waals surface area contributed by atoms with Gasteiger partial charge in [0.25, 0.3) is 0 Å². The van der Waals surface area contributed by atoms with Crippen LogP contribution in [-0.4, -0.2) is 31.6 Å². The number of carbonyl (C=O) groups is 2. The van der Waals surface area contributed by atoms with Gasteiger partial charge in [-0.3, -0.25) is 15.0 Å². The summed E-state index contributed by atoms with van der Waals surface area (Å²) in [5.41, 5.74) is 1.76. The Morgan fingerprint density at radius 1 is 1.21 bits per heavy atom. The van der Waals surface area contributed by atoms with Gasteiger partial charge in [0.05, 0.1) is 10.7 Å². The first-order chi connectivity index (χ1) is 11.6. The molecule has 0 aliphatic carbocycles. The number of imide groups is 1. The molecule has 3 rings (SSSR count). The van der Waals surface area contributed by atoms with Crippen LogP contribution >= 0.6 is 11.6 Å². The molecule has 1 N–H and O–H groups in total. The first-order valence-electron chi connectivity index (χ1n) is 8.74. The van der Waals surface area contributed by atoms with Crippen molar-refractivity contribution in [1.82, 2.24) is 5.32 Å². The van der Waals surface area contributed by atoms with Crippen molar-refractivity contribution in [3.05, 3.63) is 23.2 Å². The number of anilines is 2. The van der Waals surface area contributed by atoms with E-state index in [0.29, 0.717) is 23.7 Å². The van der Waals surface area contributed by atoms with Gasteiger partial charge in [-0.2, -0.15) is 0 Å². The highest BCUT2D eigenvalue weighted by Crippen LogP contribution is 2.33. The number of urea groups is 1. The smallest absolute Gasteiger partial charge is 0.328 e. The highest BCUT2D eigenvalue weighted by atomic mass is 35.5. The molecule has 0 saturated carbocycles. The van der Waals surface area contributed by atoms with E-state index in [9.17, 15) is 9.59 Å². The van der Waals surface area contributed by atoms with Crippen molar-refractivity contribution in [3.8, 4) is 0 Å². The molecule has 0 radical (unpaired) electrons. The molecular weight excluding hydrogens is 326 g/mol. The van der Waals surface area contributed by atoms with Crippen molar-refractivity contribution in [2.75, 3.05) is 29.4 Å². The van der Waals surface area contributed by atoms with E-state index in [0.717, 1.165) is 24.7 Å². The summed E-state index contributed by atoms with van der Waals surface area (Å²) in [7, 11) is 0. The lowest BCUT2D eigenvalue weighted by Crippen LogP contribution is -2.49. The minimum atomic E-state index is -0.402. The maximum Gasteiger partial charge on any atom is 0.328 e. The third-order valence-electron chi connectivity index (χ3n) is 4.95. The monoisotopic (exact) mass is 349 g/mol. The number of hydrogen-bond acceptors (Lipinski definition) is 3. The van der Waals surface area contributed by atoms with Gasteiger partial charge in [0.2, 0.25) is 5.91 Å². The van der Waals surface area contributed by atoms with Crippen molar-refractivity contribution in [2.24, 2.45) is 5.92 Å². The lowest BCUT2D eigenvalue weighted by molar-refractivity contribution is -0.120. The second-order valence-corrected chi connectivity index (χ2v) is 7.02. The summed E-state index contributed by atoms with van der Waals surface area (Å²) in [5.74, 6) is 0.606. The highest BCUT2D eigenvalue weighted by molar-refractivity contribution is 6.34. The first-order valence-corrected chi connectivity index (χ1v) is 9.12. The predicted octanol–water partition coefficient (Wildman–Crippen LogP) is 3.80. The zero-order valence-electron chi connectivity index (χ0n) is 14.1. The van der Waals surface area contributed by atoms with Crippen LogP contribution in [0.15, 0.2) is 18.2 Å². The number of rotatable bonds is 4. The molecule has 2 saturated heterocycles. The Morgan fingerprint density at radius 3 is 2.58 bits per heavy atom. The summed E-state index contributed by atoms with van der Waals surface area (Å²) in [5, 5.41) is 2.88. The second-order valence-electron chi connectivity index (χ2n) is 6.61. The van der Waals surface area contributed by atoms with Gasteiger partial charge in [0.15, 0.2) is 0 Å². The predicted molar refractivity (Wildman–Crippen MR) is 96.8 cm³/mol. The van der Waals surface area contributed by atoms with Crippen LogP contribution in [0.2, 0.25) is 5.02 Å². The Kier molecular flexibility index (Phi) is 5.29. The van der Waals surface area contributed by atoms with Crippen LogP contribution in [0, 0.1) is 5.92 Å². The number of piperidine rings is 1. The molecule has 6 heteroatoms. The normalized spacial score (nSPS) is 19.6. The number of nitrogens with zero attached hydrogens (tertiary/aromatic N) is 2. The van der Waals surface area contributed by atoms with Crippen LogP contribution in [0.1, 0.15) is 39.0 Å². The van der Waals surface area contributed by atoms with Crippen molar-refractivity contribution >= 4 is 34.9 Å². The highest BCUT2D eigenvalue weighted by Gasteiger charge is 2.26. The number of nitrogens with one attached hydrogen (secondary N) is 1. The summed E-state index contributed by atoms with van der Waals surface area (Å²) >= 11 is 6.43. The fraction of sp³-hybridized carbons (Fsp3) is 0.556. The van der Waals surface area contributed by atoms with E-state index < -0.39 is 6.03 Å². The van der Waals surface area contributed by atoms with Crippen molar-refractivity contribution in [2.45, 2.75) is 39.0 Å². The van der Waals surface area contributed by atoms with Gasteiger partial charge in [0.1, 0.15) is 0 Å². The van der Waals surface area contributed by atoms with Gasteiger partial charge in [-0.25, -0.2) is 4.79 Å². The van der Waals surface area contributed by atoms with Gasteiger partial charge >= 0.3 is 6.03 Å². The zero-order valence-corrected chi connectivity index (χ0v) is 14.8. The van der Waals surface area contributed by atoms with E-state index in [4.69, 9.17) is 11.6 Å². The number of carbonyl (C=O) groups excluding carboxylic acids is 2. The third kappa shape index (κ3) is 3.66. The molecule has 2 aliphatic heterocycles. The summed E-state index contributed by atoms with van der Waals surface area (Å²) in [4.78, 5) is 27.1. The lowest BCUT2D eigenvalue weighted by atomic mass is 9.92. The van der Waals surface area contributed by atoms with Crippen molar-refractivity contribution < 1.29 is 9.59 Å². The van der Waals surface area contributed by atoms with E-state index in [-0.39, 0.29) is 5.91 Å². The molecule has 0 atom stereocenters. The largest absolute Gasteiger partial charge is 0.371 e. The maximum atomic E-state index is 12.0. The second kappa shape index (κ2) is 7.43. The minimum absolute atomic E-state index is 0.237. The Balaban J connectivity index is 1.69. The molecule has 2 aliphatic rings. The third-order valence-corrected chi connectivity index (χ3v) is 5.26. The van der Waals surface area contributed by atoms with E-state index >= 15 is 0 Å². The van der Waals surface area contributed by atoms with Crippen LogP contribution < -0.4 is 15.1 Å². The molecule has 1 aromatic carbocycles. The molecule has 3 amide bonds. The first kappa shape index (κ1) is 17.1. The van der Waals surface area contributed by atoms with Crippen LogP contribution in [0.25, 0.3) is 0 Å². The number of hydrogen-bond donors (Lipinski definition) is 1. The summed E-state index contributed by atoms with van der Waals surface area (Å²) in [6.45, 7) is 4.72. The SMILES string of the molecule is CCCC1CCN(c2ccc(N3CCC(=O)NC3=O)c(Cl)c2)CC1. The van der Waals surface area contributed by atoms with Gasteiger partial charge in [-0.1, -0.05) is 31.4 Å². The molecule has 2 heterocycles. The Morgan fingerprint density at radius 2 is 1.96 bits per heavy atom. The number of benzene rings is 1. The van der Waals surface area contributed by atoms with Crippen LogP contribution in [-0.2, 0) is 4.79 Å². The Bertz CT molecular complexity index is 627. The molecule has 0 bridgehead atoms. The standard InChI is InChI=1S/C18H24ClN3O2/c1-2-3-13-6-9-21(10-7-13)14-4-5-16(15(19)12-14)22-11-8-17(23)20-18(22)24/h4-5,12-13H,2-3,6-11H2,1H3,(H,20,23,24). The Hall–Kier alpha value is -1.75. The number of halogens is 1. The maximum absolute atomic E-state index is 12.0. The van der Waals surface area contributed by atoms with Crippen LogP contribution in [0.4, 0.5) is 16.2 Å². The minimum Gasteiger partial charge on any atom is -0.371 e. The van der Waals surface area contributed by atoms with Gasteiger partial charge in [-0.15, -0.1) is 0 Å². The van der Waals surface area contributed by atoms with E-state index in [1.54, 1.807) is 0 Å². The zero-order chi connectivity index (χ0) is 17.1. The summed E-state index contributed by atoms with van der Waals surface area (Å²) in [6.07, 6.45) is 5.32. The van der Waals surface area contributed by atoms with Crippen LogP contribution in [0.3, 0.4) is 0 Å². The quantitative estimate of drug-likeness (QED) is 0.899. The van der Waals surface area contributed by atoms with E-state index in [1.165, 1.54) is 30.6 Å². The molecule has 24 heavy (non-hydrogen) atoms. The van der Waals surface area contributed by atoms with Gasteiger partial charge in [-0.05, 0) is 37.0 Å². The molecule has 0 unspecified atom stereocenters. The molecule has 0 aromatic heterocycles. The topological polar surface area (TPSA) is 52.6 Å². The fourth-order valence-electron chi connectivity index (χ4n) is 3.59. The van der Waals surface area contributed by atoms with Crippen molar-refractivity contribution in [3.63, 3.8) is 0 Å². The van der Waals surface area contributed by atoms with E-state index in [2.05, 4.69) is 17.1 Å². The molecule has 0 spiro atoms. The molecule has 5 nitrogen and oxygen atoms in total. The van der Waals surface area contributed by atoms with Crippen LogP contribution in [0.5, 0.6) is 0 Å². The fourth-order valence-corrected chi connectivity index (χ4v) is 3.87. The molecule has 2 fully saturated rings. The van der Waals surface area contributed by atoms with Gasteiger partial charge < -0.3 is 4.90 Å². The number of amides is 3. The average Bonchev–Trinajstić information content (AvgIpc) is 2.56. The van der Waals surface area contributed by atoms with E-state index in [1.807, 2.05) is 18.2 Å². The summed E-state index contributed by atoms with van der Waals surface area (Å²) < 4.78 is 0.